The summed E-state index contributed by atoms with van der Waals surface area (Å²) < 4.78 is 16.6. The van der Waals surface area contributed by atoms with Crippen LogP contribution in [0.5, 0.6) is 0 Å². The molecule has 100 valence electrons. The molecule has 0 bridgehead atoms. The van der Waals surface area contributed by atoms with Crippen LogP contribution in [0.3, 0.4) is 0 Å². The van der Waals surface area contributed by atoms with Gasteiger partial charge >= 0.3 is 117 Å². The van der Waals surface area contributed by atoms with Crippen molar-refractivity contribution < 1.29 is 4.39 Å². The van der Waals surface area contributed by atoms with Crippen LogP contribution in [0.2, 0.25) is 0 Å². The average molecular weight is 313 g/mol. The van der Waals surface area contributed by atoms with Crippen LogP contribution in [0.25, 0.3) is 0 Å². The van der Waals surface area contributed by atoms with Crippen LogP contribution in [0.1, 0.15) is 47.0 Å². The number of hydrogen-bond donors (Lipinski definition) is 0. The van der Waals surface area contributed by atoms with Gasteiger partial charge in [0.1, 0.15) is 0 Å². The van der Waals surface area contributed by atoms with E-state index in [0.29, 0.717) is 6.42 Å². The molecule has 0 unspecified atom stereocenters. The molecule has 0 nitrogen and oxygen atoms in total. The summed E-state index contributed by atoms with van der Waals surface area (Å²) in [6.45, 7) is 8.43. The van der Waals surface area contributed by atoms with Gasteiger partial charge in [0.15, 0.2) is 0 Å². The summed E-state index contributed by atoms with van der Waals surface area (Å²) in [6.07, 6.45) is 2.58. The van der Waals surface area contributed by atoms with E-state index in [4.69, 9.17) is 0 Å². The van der Waals surface area contributed by atoms with Crippen molar-refractivity contribution >= 4 is 19.4 Å². The molecule has 1 aromatic carbocycles. The molecule has 2 heteroatoms. The summed E-state index contributed by atoms with van der Waals surface area (Å²) in [7, 11) is 0. The van der Waals surface area contributed by atoms with Gasteiger partial charge in [-0.05, 0) is 0 Å². The van der Waals surface area contributed by atoms with Crippen molar-refractivity contribution in [3.05, 3.63) is 40.6 Å². The van der Waals surface area contributed by atoms with E-state index >= 15 is 0 Å². The summed E-state index contributed by atoms with van der Waals surface area (Å²) in [5, 5.41) is 0. The molecule has 0 aliphatic heterocycles. The van der Waals surface area contributed by atoms with Crippen molar-refractivity contribution in [2.75, 3.05) is 0 Å². The third kappa shape index (κ3) is 4.96. The summed E-state index contributed by atoms with van der Waals surface area (Å²) in [5.74, 6) is 0.119. The van der Waals surface area contributed by atoms with Gasteiger partial charge in [-0.25, -0.2) is 0 Å². The first-order valence-corrected chi connectivity index (χ1v) is 8.28. The summed E-state index contributed by atoms with van der Waals surface area (Å²) in [6, 6.07) is 10.3. The molecule has 0 saturated carbocycles. The van der Waals surface area contributed by atoms with Crippen molar-refractivity contribution in [2.24, 2.45) is 5.41 Å². The molecule has 18 heavy (non-hydrogen) atoms. The van der Waals surface area contributed by atoms with Crippen molar-refractivity contribution in [2.45, 2.75) is 47.0 Å². The first-order valence-electron chi connectivity index (χ1n) is 6.57. The molecule has 0 radical (unpaired) electrons. The molecule has 0 aromatic heterocycles. The second-order valence-electron chi connectivity index (χ2n) is 5.50. The van der Waals surface area contributed by atoms with E-state index in [1.165, 1.54) is 4.46 Å². The Morgan fingerprint density at radius 2 is 1.78 bits per heavy atom. The van der Waals surface area contributed by atoms with Crippen LogP contribution < -0.4 is 4.46 Å². The third-order valence-corrected chi connectivity index (χ3v) is 5.88. The molecule has 0 heterocycles. The average Bonchev–Trinajstić information content (AvgIpc) is 2.33. The van der Waals surface area contributed by atoms with Crippen LogP contribution >= 0.6 is 0 Å². The van der Waals surface area contributed by atoms with Gasteiger partial charge in [-0.15, -0.1) is 0 Å². The number of allylic oxidation sites excluding steroid dienone is 2. The van der Waals surface area contributed by atoms with Crippen molar-refractivity contribution in [1.29, 1.82) is 0 Å². The van der Waals surface area contributed by atoms with Crippen LogP contribution in [0.4, 0.5) is 4.39 Å². The van der Waals surface area contributed by atoms with Gasteiger partial charge < -0.3 is 0 Å². The first kappa shape index (κ1) is 15.5. The van der Waals surface area contributed by atoms with E-state index in [1.807, 2.05) is 18.2 Å². The quantitative estimate of drug-likeness (QED) is 0.705. The molecule has 0 atom stereocenters. The van der Waals surface area contributed by atoms with Crippen molar-refractivity contribution in [3.8, 4) is 0 Å². The molecule has 0 aliphatic carbocycles. The SMILES string of the molecule is CCCC/C(F)=C(\[Se]c1ccccc1)C(C)(C)C. The zero-order chi connectivity index (χ0) is 13.6. The fourth-order valence-corrected chi connectivity index (χ4v) is 3.87. The monoisotopic (exact) mass is 314 g/mol. The van der Waals surface area contributed by atoms with E-state index in [2.05, 4.69) is 39.8 Å². The van der Waals surface area contributed by atoms with Gasteiger partial charge in [0.2, 0.25) is 0 Å². The number of halogens is 1. The Morgan fingerprint density at radius 1 is 1.17 bits per heavy atom. The zero-order valence-electron chi connectivity index (χ0n) is 11.8. The van der Waals surface area contributed by atoms with Crippen molar-refractivity contribution in [1.82, 2.24) is 0 Å². The van der Waals surface area contributed by atoms with Crippen LogP contribution in [-0.2, 0) is 0 Å². The fraction of sp³-hybridized carbons (Fsp3) is 0.500. The number of unbranched alkanes of at least 4 members (excludes halogenated alkanes) is 1. The normalized spacial score (nSPS) is 13.4. The van der Waals surface area contributed by atoms with E-state index in [0.717, 1.165) is 17.3 Å². The number of hydrogen-bond acceptors (Lipinski definition) is 0. The van der Waals surface area contributed by atoms with Crippen LogP contribution in [-0.4, -0.2) is 15.0 Å². The molecular formula is C16H23FSe. The molecule has 0 saturated heterocycles. The first-order chi connectivity index (χ1) is 8.45. The Balaban J connectivity index is 2.93. The molecule has 1 aromatic rings. The van der Waals surface area contributed by atoms with Gasteiger partial charge in [0.05, 0.1) is 0 Å². The molecular weight excluding hydrogens is 290 g/mol. The minimum atomic E-state index is -0.0757. The van der Waals surface area contributed by atoms with Gasteiger partial charge in [-0.2, -0.15) is 0 Å². The maximum absolute atomic E-state index is 14.3. The Bertz CT molecular complexity index is 387. The number of benzene rings is 1. The second-order valence-corrected chi connectivity index (χ2v) is 7.78. The molecule has 0 spiro atoms. The van der Waals surface area contributed by atoms with E-state index in [9.17, 15) is 4.39 Å². The fourth-order valence-electron chi connectivity index (χ4n) is 1.67. The molecule has 1 rings (SSSR count). The second kappa shape index (κ2) is 7.11. The van der Waals surface area contributed by atoms with Crippen LogP contribution in [0, 0.1) is 5.41 Å². The molecule has 0 amide bonds. The third-order valence-electron chi connectivity index (χ3n) is 2.64. The minimum absolute atomic E-state index is 0.0757. The standard InChI is InChI=1S/C16H23FSe/c1-5-6-12-14(17)15(16(2,3)4)18-13-10-8-7-9-11-13/h7-11H,5-6,12H2,1-4H3/b15-14+. The Labute approximate surface area is 117 Å². The number of rotatable bonds is 5. The molecule has 0 N–H and O–H groups in total. The van der Waals surface area contributed by atoms with E-state index in [1.54, 1.807) is 0 Å². The van der Waals surface area contributed by atoms with Gasteiger partial charge in [-0.1, -0.05) is 0 Å². The Hall–Kier alpha value is -0.591. The van der Waals surface area contributed by atoms with E-state index in [-0.39, 0.29) is 26.2 Å². The topological polar surface area (TPSA) is 0 Å². The van der Waals surface area contributed by atoms with Gasteiger partial charge in [0, 0.05) is 0 Å². The van der Waals surface area contributed by atoms with Gasteiger partial charge in [-0.3, -0.25) is 0 Å². The summed E-state index contributed by atoms with van der Waals surface area (Å²) >= 11 is 0.0946. The molecule has 0 aliphatic rings. The Kier molecular flexibility index (Phi) is 6.11. The predicted molar refractivity (Wildman–Crippen MR) is 78.9 cm³/mol. The Morgan fingerprint density at radius 3 is 2.28 bits per heavy atom. The van der Waals surface area contributed by atoms with Crippen LogP contribution in [0.15, 0.2) is 40.6 Å². The molecule has 0 fully saturated rings. The zero-order valence-corrected chi connectivity index (χ0v) is 13.5. The van der Waals surface area contributed by atoms with Gasteiger partial charge in [0.25, 0.3) is 0 Å². The van der Waals surface area contributed by atoms with Crippen molar-refractivity contribution in [3.63, 3.8) is 0 Å². The predicted octanol–water partition coefficient (Wildman–Crippen LogP) is 4.43. The van der Waals surface area contributed by atoms with E-state index < -0.39 is 0 Å². The maximum atomic E-state index is 14.3. The summed E-state index contributed by atoms with van der Waals surface area (Å²) in [4.78, 5) is 0. The summed E-state index contributed by atoms with van der Waals surface area (Å²) in [5.41, 5.74) is -0.0757.